The monoisotopic (exact) mass is 289 g/mol. The van der Waals surface area contributed by atoms with Gasteiger partial charge in [-0.15, -0.1) is 0 Å². The van der Waals surface area contributed by atoms with Gasteiger partial charge in [0.1, 0.15) is 0 Å². The second-order valence-corrected chi connectivity index (χ2v) is 5.57. The molecular formula is C17H23NO3. The van der Waals surface area contributed by atoms with E-state index in [2.05, 4.69) is 0 Å². The highest BCUT2D eigenvalue weighted by atomic mass is 16.5. The number of carbonyl (C=O) groups excluding carboxylic acids is 2. The van der Waals surface area contributed by atoms with Crippen molar-refractivity contribution in [2.45, 2.75) is 33.1 Å². The molecule has 0 aromatic heterocycles. The topological polar surface area (TPSA) is 46.6 Å². The van der Waals surface area contributed by atoms with Gasteiger partial charge in [-0.2, -0.15) is 0 Å². The summed E-state index contributed by atoms with van der Waals surface area (Å²) in [4.78, 5) is 25.8. The van der Waals surface area contributed by atoms with E-state index in [1.54, 1.807) is 0 Å². The van der Waals surface area contributed by atoms with Crippen molar-refractivity contribution < 1.29 is 14.3 Å². The minimum Gasteiger partial charge on any atom is -0.466 e. The van der Waals surface area contributed by atoms with Crippen LogP contribution >= 0.6 is 0 Å². The summed E-state index contributed by atoms with van der Waals surface area (Å²) in [5.41, 5.74) is 2.24. The molecule has 0 bridgehead atoms. The van der Waals surface area contributed by atoms with Gasteiger partial charge < -0.3 is 9.64 Å². The lowest BCUT2D eigenvalue weighted by atomic mass is 9.96. The maximum absolute atomic E-state index is 12.3. The molecule has 1 aromatic rings. The van der Waals surface area contributed by atoms with Gasteiger partial charge in [-0.25, -0.2) is 0 Å². The van der Waals surface area contributed by atoms with Crippen molar-refractivity contribution in [2.75, 3.05) is 19.7 Å². The van der Waals surface area contributed by atoms with Crippen LogP contribution in [0.2, 0.25) is 0 Å². The van der Waals surface area contributed by atoms with Crippen LogP contribution in [0.15, 0.2) is 24.3 Å². The molecule has 4 heteroatoms. The summed E-state index contributed by atoms with van der Waals surface area (Å²) in [6.07, 6.45) is 1.85. The first kappa shape index (κ1) is 15.5. The van der Waals surface area contributed by atoms with E-state index in [0.29, 0.717) is 39.0 Å². The summed E-state index contributed by atoms with van der Waals surface area (Å²) in [5, 5.41) is 0. The molecule has 0 N–H and O–H groups in total. The van der Waals surface area contributed by atoms with Gasteiger partial charge in [-0.3, -0.25) is 9.59 Å². The number of rotatable bonds is 4. The first-order valence-corrected chi connectivity index (χ1v) is 7.60. The van der Waals surface area contributed by atoms with E-state index in [9.17, 15) is 9.59 Å². The lowest BCUT2D eigenvalue weighted by Crippen LogP contribution is -2.41. The number of aryl methyl sites for hydroxylation is 1. The first-order valence-electron chi connectivity index (χ1n) is 7.60. The summed E-state index contributed by atoms with van der Waals surface area (Å²) in [5.74, 6) is -0.0299. The molecule has 1 aromatic carbocycles. The Balaban J connectivity index is 1.83. The normalized spacial score (nSPS) is 15.8. The molecule has 1 saturated heterocycles. The number of nitrogens with zero attached hydrogens (tertiary/aromatic N) is 1. The molecule has 0 spiro atoms. The number of carbonyl (C=O) groups is 2. The predicted molar refractivity (Wildman–Crippen MR) is 80.8 cm³/mol. The van der Waals surface area contributed by atoms with E-state index >= 15 is 0 Å². The van der Waals surface area contributed by atoms with Crippen molar-refractivity contribution in [1.29, 1.82) is 0 Å². The second-order valence-electron chi connectivity index (χ2n) is 5.57. The van der Waals surface area contributed by atoms with Gasteiger partial charge in [-0.05, 0) is 32.3 Å². The Morgan fingerprint density at radius 2 is 1.81 bits per heavy atom. The van der Waals surface area contributed by atoms with Crippen LogP contribution in [0, 0.1) is 12.8 Å². The highest BCUT2D eigenvalue weighted by Gasteiger charge is 2.27. The molecule has 0 aliphatic carbocycles. The highest BCUT2D eigenvalue weighted by molar-refractivity contribution is 5.79. The Morgan fingerprint density at radius 1 is 1.19 bits per heavy atom. The standard InChI is InChI=1S/C17H23NO3/c1-3-21-17(20)15-8-10-18(11-9-15)16(19)12-14-6-4-13(2)5-7-14/h4-7,15H,3,8-12H2,1-2H3. The number of amides is 1. The van der Waals surface area contributed by atoms with E-state index in [4.69, 9.17) is 4.74 Å². The summed E-state index contributed by atoms with van der Waals surface area (Å²) < 4.78 is 5.04. The van der Waals surface area contributed by atoms with Gasteiger partial charge in [0.05, 0.1) is 18.9 Å². The fourth-order valence-electron chi connectivity index (χ4n) is 2.62. The van der Waals surface area contributed by atoms with Crippen LogP contribution in [0.3, 0.4) is 0 Å². The van der Waals surface area contributed by atoms with Crippen LogP contribution in [0.5, 0.6) is 0 Å². The third-order valence-corrected chi connectivity index (χ3v) is 3.94. The Bertz CT molecular complexity index is 487. The van der Waals surface area contributed by atoms with Crippen LogP contribution < -0.4 is 0 Å². The van der Waals surface area contributed by atoms with Crippen molar-refractivity contribution in [3.05, 3.63) is 35.4 Å². The van der Waals surface area contributed by atoms with Gasteiger partial charge in [-0.1, -0.05) is 29.8 Å². The molecule has 1 aliphatic heterocycles. The van der Waals surface area contributed by atoms with Crippen LogP contribution in [-0.4, -0.2) is 36.5 Å². The van der Waals surface area contributed by atoms with Crippen LogP contribution in [0.1, 0.15) is 30.9 Å². The lowest BCUT2D eigenvalue weighted by Gasteiger charge is -2.31. The summed E-state index contributed by atoms with van der Waals surface area (Å²) in [6, 6.07) is 8.04. The Hall–Kier alpha value is -1.84. The summed E-state index contributed by atoms with van der Waals surface area (Å²) >= 11 is 0. The number of benzene rings is 1. The lowest BCUT2D eigenvalue weighted by molar-refractivity contribution is -0.151. The van der Waals surface area contributed by atoms with Crippen molar-refractivity contribution in [3.63, 3.8) is 0 Å². The fourth-order valence-corrected chi connectivity index (χ4v) is 2.62. The minimum absolute atomic E-state index is 0.0478. The minimum atomic E-state index is -0.122. The molecule has 0 radical (unpaired) electrons. The van der Waals surface area contributed by atoms with Crippen LogP contribution in [0.25, 0.3) is 0 Å². The molecule has 1 heterocycles. The molecule has 1 aliphatic rings. The predicted octanol–water partition coefficient (Wildman–Crippen LogP) is 2.34. The van der Waals surface area contributed by atoms with Gasteiger partial charge in [0.15, 0.2) is 0 Å². The SMILES string of the molecule is CCOC(=O)C1CCN(C(=O)Cc2ccc(C)cc2)CC1. The summed E-state index contributed by atoms with van der Waals surface area (Å²) in [7, 11) is 0. The summed E-state index contributed by atoms with van der Waals surface area (Å²) in [6.45, 7) is 5.57. The average Bonchev–Trinajstić information content (AvgIpc) is 2.50. The molecule has 114 valence electrons. The zero-order valence-electron chi connectivity index (χ0n) is 12.8. The van der Waals surface area contributed by atoms with Gasteiger partial charge in [0.25, 0.3) is 0 Å². The average molecular weight is 289 g/mol. The Kier molecular flexibility index (Phi) is 5.37. The van der Waals surface area contributed by atoms with Crippen LogP contribution in [0.4, 0.5) is 0 Å². The van der Waals surface area contributed by atoms with Crippen molar-refractivity contribution >= 4 is 11.9 Å². The molecular weight excluding hydrogens is 266 g/mol. The number of esters is 1. The Labute approximate surface area is 126 Å². The largest absolute Gasteiger partial charge is 0.466 e. The molecule has 2 rings (SSSR count). The van der Waals surface area contributed by atoms with E-state index in [-0.39, 0.29) is 17.8 Å². The van der Waals surface area contributed by atoms with Gasteiger partial charge >= 0.3 is 5.97 Å². The molecule has 0 saturated carbocycles. The molecule has 0 unspecified atom stereocenters. The zero-order valence-corrected chi connectivity index (χ0v) is 12.8. The highest BCUT2D eigenvalue weighted by Crippen LogP contribution is 2.19. The smallest absolute Gasteiger partial charge is 0.309 e. The zero-order chi connectivity index (χ0) is 15.2. The van der Waals surface area contributed by atoms with Crippen molar-refractivity contribution in [3.8, 4) is 0 Å². The van der Waals surface area contributed by atoms with Gasteiger partial charge in [0.2, 0.25) is 5.91 Å². The van der Waals surface area contributed by atoms with Crippen molar-refractivity contribution in [2.24, 2.45) is 5.92 Å². The maximum atomic E-state index is 12.3. The number of piperidine rings is 1. The number of ether oxygens (including phenoxy) is 1. The Morgan fingerprint density at radius 3 is 2.38 bits per heavy atom. The van der Waals surface area contributed by atoms with Crippen LogP contribution in [-0.2, 0) is 20.7 Å². The van der Waals surface area contributed by atoms with E-state index in [1.165, 1.54) is 5.56 Å². The number of hydrogen-bond donors (Lipinski definition) is 0. The first-order chi connectivity index (χ1) is 10.1. The molecule has 21 heavy (non-hydrogen) atoms. The van der Waals surface area contributed by atoms with E-state index in [1.807, 2.05) is 43.0 Å². The number of hydrogen-bond acceptors (Lipinski definition) is 3. The quantitative estimate of drug-likeness (QED) is 0.799. The number of likely N-dealkylation sites (tertiary alicyclic amines) is 1. The van der Waals surface area contributed by atoms with E-state index < -0.39 is 0 Å². The van der Waals surface area contributed by atoms with E-state index in [0.717, 1.165) is 5.56 Å². The fraction of sp³-hybridized carbons (Fsp3) is 0.529. The van der Waals surface area contributed by atoms with Crippen molar-refractivity contribution in [1.82, 2.24) is 4.90 Å². The molecule has 1 amide bonds. The second kappa shape index (κ2) is 7.25. The molecule has 1 fully saturated rings. The maximum Gasteiger partial charge on any atom is 0.309 e. The molecule has 0 atom stereocenters. The molecule has 4 nitrogen and oxygen atoms in total. The van der Waals surface area contributed by atoms with Gasteiger partial charge in [0, 0.05) is 13.1 Å². The third kappa shape index (κ3) is 4.31. The third-order valence-electron chi connectivity index (χ3n) is 3.94.